The lowest BCUT2D eigenvalue weighted by atomic mass is 10.0. The van der Waals surface area contributed by atoms with Crippen molar-refractivity contribution in [1.82, 2.24) is 0 Å². The van der Waals surface area contributed by atoms with Crippen LogP contribution in [0.1, 0.15) is 168 Å². The van der Waals surface area contributed by atoms with E-state index in [1.807, 2.05) is 12.2 Å². The maximum absolute atomic E-state index is 3.75. The summed E-state index contributed by atoms with van der Waals surface area (Å²) in [6.45, 7) is 12.0. The van der Waals surface area contributed by atoms with Gasteiger partial charge in [0.15, 0.2) is 0 Å². The van der Waals surface area contributed by atoms with Gasteiger partial charge in [-0.3, -0.25) is 0 Å². The molecule has 0 heterocycles. The van der Waals surface area contributed by atoms with Crippen molar-refractivity contribution in [3.8, 4) is 0 Å². The Labute approximate surface area is 193 Å². The highest BCUT2D eigenvalue weighted by Crippen LogP contribution is 2.13. The predicted molar refractivity (Wildman–Crippen MR) is 143 cm³/mol. The van der Waals surface area contributed by atoms with Crippen molar-refractivity contribution in [2.75, 3.05) is 0 Å². The van der Waals surface area contributed by atoms with E-state index in [9.17, 15) is 0 Å². The van der Waals surface area contributed by atoms with Crippen molar-refractivity contribution in [1.29, 1.82) is 0 Å². The first-order chi connectivity index (χ1) is 14.8. The highest BCUT2D eigenvalue weighted by atomic mass is 14.0. The summed E-state index contributed by atoms with van der Waals surface area (Å²) >= 11 is 0. The Morgan fingerprint density at radius 1 is 0.333 bits per heavy atom. The molecule has 0 spiro atoms. The molecule has 180 valence electrons. The van der Waals surface area contributed by atoms with Gasteiger partial charge in [0, 0.05) is 0 Å². The number of hydrogen-bond donors (Lipinski definition) is 0. The third kappa shape index (κ3) is 35.0. The smallest absolute Gasteiger partial charge is 0.0353 e. The third-order valence-electron chi connectivity index (χ3n) is 6.02. The van der Waals surface area contributed by atoms with Gasteiger partial charge in [-0.25, -0.2) is 0 Å². The number of unbranched alkanes of at least 4 members (excludes halogenated alkanes) is 22. The SMILES string of the molecule is C=CCCCCCCCCCCCC.C=CCCCCCCCCCCCCCC. The van der Waals surface area contributed by atoms with Gasteiger partial charge in [-0.15, -0.1) is 13.2 Å². The quantitative estimate of drug-likeness (QED) is 0.107. The fourth-order valence-corrected chi connectivity index (χ4v) is 3.91. The van der Waals surface area contributed by atoms with Gasteiger partial charge in [-0.2, -0.15) is 0 Å². The lowest BCUT2D eigenvalue weighted by Gasteiger charge is -2.02. The topological polar surface area (TPSA) is 0 Å². The molecule has 0 saturated carbocycles. The minimum absolute atomic E-state index is 1.20. The molecular weight excluding hydrogens is 360 g/mol. The number of hydrogen-bond acceptors (Lipinski definition) is 0. The highest BCUT2D eigenvalue weighted by molar-refractivity contribution is 4.65. The number of allylic oxidation sites excluding steroid dienone is 2. The molecule has 0 nitrogen and oxygen atoms in total. The van der Waals surface area contributed by atoms with Crippen LogP contribution in [0, 0.1) is 0 Å². The van der Waals surface area contributed by atoms with Crippen LogP contribution in [0.2, 0.25) is 0 Å². The predicted octanol–water partition coefficient (Wildman–Crippen LogP) is 11.7. The molecule has 0 aromatic rings. The van der Waals surface area contributed by atoms with Gasteiger partial charge in [-0.1, -0.05) is 154 Å². The summed E-state index contributed by atoms with van der Waals surface area (Å²) in [6.07, 6.45) is 38.0. The Hall–Kier alpha value is -0.520. The fourth-order valence-electron chi connectivity index (χ4n) is 3.91. The molecule has 0 fully saturated rings. The van der Waals surface area contributed by atoms with Crippen LogP contribution in [0.4, 0.5) is 0 Å². The average Bonchev–Trinajstić information content (AvgIpc) is 2.76. The third-order valence-corrected chi connectivity index (χ3v) is 6.02. The number of rotatable bonds is 24. The molecule has 0 atom stereocenters. The summed E-state index contributed by atoms with van der Waals surface area (Å²) < 4.78 is 0. The molecular formula is C30H60. The molecule has 0 aromatic heterocycles. The Morgan fingerprint density at radius 2 is 0.533 bits per heavy atom. The Balaban J connectivity index is 0. The first kappa shape index (κ1) is 31.7. The summed E-state index contributed by atoms with van der Waals surface area (Å²) in [5.41, 5.74) is 0. The standard InChI is InChI=1S/C16H32.C14H28/c1-3-5-7-9-11-13-15-16-14-12-10-8-6-4-2;1-3-5-7-9-11-13-14-12-10-8-6-4-2/h3H,1,4-16H2,2H3;3H,1,4-14H2,2H3. The van der Waals surface area contributed by atoms with Gasteiger partial charge in [0.1, 0.15) is 0 Å². The van der Waals surface area contributed by atoms with Crippen LogP contribution in [-0.4, -0.2) is 0 Å². The van der Waals surface area contributed by atoms with E-state index in [0.29, 0.717) is 0 Å². The van der Waals surface area contributed by atoms with E-state index >= 15 is 0 Å². The van der Waals surface area contributed by atoms with Crippen molar-refractivity contribution in [2.24, 2.45) is 0 Å². The van der Waals surface area contributed by atoms with Crippen molar-refractivity contribution < 1.29 is 0 Å². The lowest BCUT2D eigenvalue weighted by Crippen LogP contribution is -1.82. The molecule has 0 radical (unpaired) electrons. The van der Waals surface area contributed by atoms with Gasteiger partial charge in [0.25, 0.3) is 0 Å². The molecule has 0 aliphatic rings. The van der Waals surface area contributed by atoms with Crippen molar-refractivity contribution in [3.05, 3.63) is 25.3 Å². The van der Waals surface area contributed by atoms with E-state index < -0.39 is 0 Å². The molecule has 0 heteroatoms. The van der Waals surface area contributed by atoms with E-state index in [1.54, 1.807) is 0 Å². The first-order valence-electron chi connectivity index (χ1n) is 14.0. The summed E-state index contributed by atoms with van der Waals surface area (Å²) in [7, 11) is 0. The van der Waals surface area contributed by atoms with Crippen molar-refractivity contribution in [3.63, 3.8) is 0 Å². The van der Waals surface area contributed by atoms with Crippen LogP contribution in [0.25, 0.3) is 0 Å². The van der Waals surface area contributed by atoms with Crippen LogP contribution in [0.5, 0.6) is 0 Å². The van der Waals surface area contributed by atoms with Crippen LogP contribution in [0.3, 0.4) is 0 Å². The Bertz CT molecular complexity index is 290. The average molecular weight is 421 g/mol. The Kier molecular flexibility index (Phi) is 35.0. The minimum Gasteiger partial charge on any atom is -0.103 e. The second-order valence-corrected chi connectivity index (χ2v) is 9.23. The summed E-state index contributed by atoms with van der Waals surface area (Å²) in [5, 5.41) is 0. The minimum atomic E-state index is 1.20. The van der Waals surface area contributed by atoms with E-state index in [0.717, 1.165) is 0 Å². The zero-order valence-electron chi connectivity index (χ0n) is 21.5. The molecule has 0 rings (SSSR count). The maximum atomic E-state index is 3.75. The lowest BCUT2D eigenvalue weighted by molar-refractivity contribution is 0.545. The van der Waals surface area contributed by atoms with Gasteiger partial charge < -0.3 is 0 Å². The van der Waals surface area contributed by atoms with Gasteiger partial charge in [0.2, 0.25) is 0 Å². The monoisotopic (exact) mass is 420 g/mol. The Morgan fingerprint density at radius 3 is 0.733 bits per heavy atom. The normalized spacial score (nSPS) is 10.5. The highest BCUT2D eigenvalue weighted by Gasteiger charge is 1.93. The van der Waals surface area contributed by atoms with Crippen molar-refractivity contribution in [2.45, 2.75) is 168 Å². The molecule has 0 amide bonds. The molecule has 0 N–H and O–H groups in total. The largest absolute Gasteiger partial charge is 0.103 e. The molecule has 0 aromatic carbocycles. The van der Waals surface area contributed by atoms with Gasteiger partial charge in [-0.05, 0) is 25.7 Å². The zero-order valence-corrected chi connectivity index (χ0v) is 21.5. The summed E-state index contributed by atoms with van der Waals surface area (Å²) in [6, 6.07) is 0. The first-order valence-corrected chi connectivity index (χ1v) is 14.0. The fraction of sp³-hybridized carbons (Fsp3) is 0.867. The van der Waals surface area contributed by atoms with Crippen molar-refractivity contribution >= 4 is 0 Å². The summed E-state index contributed by atoms with van der Waals surface area (Å²) in [5.74, 6) is 0. The molecule has 0 aliphatic heterocycles. The van der Waals surface area contributed by atoms with Crippen LogP contribution in [-0.2, 0) is 0 Å². The second-order valence-electron chi connectivity index (χ2n) is 9.23. The molecule has 0 unspecified atom stereocenters. The molecule has 0 bridgehead atoms. The molecule has 0 saturated heterocycles. The van der Waals surface area contributed by atoms with Crippen LogP contribution >= 0.6 is 0 Å². The zero-order chi connectivity index (χ0) is 22.4. The van der Waals surface area contributed by atoms with E-state index in [1.165, 1.54) is 154 Å². The molecule has 30 heavy (non-hydrogen) atoms. The summed E-state index contributed by atoms with van der Waals surface area (Å²) in [4.78, 5) is 0. The van der Waals surface area contributed by atoms with E-state index in [-0.39, 0.29) is 0 Å². The van der Waals surface area contributed by atoms with Gasteiger partial charge >= 0.3 is 0 Å². The maximum Gasteiger partial charge on any atom is -0.0353 e. The second kappa shape index (κ2) is 33.1. The van der Waals surface area contributed by atoms with Crippen LogP contribution < -0.4 is 0 Å². The van der Waals surface area contributed by atoms with E-state index in [2.05, 4.69) is 27.0 Å². The van der Waals surface area contributed by atoms with E-state index in [4.69, 9.17) is 0 Å². The molecule has 0 aliphatic carbocycles. The van der Waals surface area contributed by atoms with Gasteiger partial charge in [0.05, 0.1) is 0 Å². The van der Waals surface area contributed by atoms with Crippen LogP contribution in [0.15, 0.2) is 25.3 Å².